The number of nitrogens with one attached hydrogen (secondary N) is 1. The number of ether oxygens (including phenoxy) is 2. The van der Waals surface area contributed by atoms with Crippen LogP contribution in [-0.4, -0.2) is 69.9 Å². The highest BCUT2D eigenvalue weighted by atomic mass is 16.6. The van der Waals surface area contributed by atoms with Gasteiger partial charge in [0.15, 0.2) is 0 Å². The first kappa shape index (κ1) is 26.9. The monoisotopic (exact) mass is 477 g/mol. The Kier molecular flexibility index (Phi) is 9.70. The van der Waals surface area contributed by atoms with Crippen LogP contribution < -0.4 is 5.32 Å². The number of carbonyl (C=O) groups excluding carboxylic acids is 3. The molecule has 0 aliphatic carbocycles. The summed E-state index contributed by atoms with van der Waals surface area (Å²) >= 11 is 0. The van der Waals surface area contributed by atoms with Crippen LogP contribution in [0.3, 0.4) is 0 Å². The fraction of sp³-hybridized carbons (Fsp3) is 0.583. The molecule has 1 heterocycles. The number of aliphatic carboxylic acids is 1. The molecule has 2 rings (SSSR count). The van der Waals surface area contributed by atoms with E-state index in [9.17, 15) is 24.3 Å². The average molecular weight is 478 g/mol. The Balaban J connectivity index is 2.20. The fourth-order valence-electron chi connectivity index (χ4n) is 3.72. The lowest BCUT2D eigenvalue weighted by molar-refractivity contribution is -0.156. The molecule has 2 atom stereocenters. The van der Waals surface area contributed by atoms with Crippen molar-refractivity contribution in [1.82, 2.24) is 15.1 Å². The van der Waals surface area contributed by atoms with E-state index in [1.807, 2.05) is 37.3 Å². The summed E-state index contributed by atoms with van der Waals surface area (Å²) in [7, 11) is 0. The van der Waals surface area contributed by atoms with Gasteiger partial charge in [-0.25, -0.2) is 14.4 Å². The van der Waals surface area contributed by atoms with E-state index in [4.69, 9.17) is 9.47 Å². The molecule has 0 radical (unpaired) electrons. The maximum Gasteiger partial charge on any atom is 0.409 e. The van der Waals surface area contributed by atoms with Gasteiger partial charge >= 0.3 is 24.1 Å². The summed E-state index contributed by atoms with van der Waals surface area (Å²) in [4.78, 5) is 52.6. The fourth-order valence-corrected chi connectivity index (χ4v) is 3.72. The third-order valence-electron chi connectivity index (χ3n) is 5.18. The first-order valence-corrected chi connectivity index (χ1v) is 11.5. The summed E-state index contributed by atoms with van der Waals surface area (Å²) in [5, 5.41) is 12.2. The Labute approximate surface area is 200 Å². The molecule has 0 bridgehead atoms. The minimum atomic E-state index is -1.11. The van der Waals surface area contributed by atoms with Gasteiger partial charge in [0.25, 0.3) is 0 Å². The van der Waals surface area contributed by atoms with Crippen LogP contribution in [0, 0.1) is 0 Å². The molecular formula is C24H35N3O7. The standard InChI is InChI=1S/C24H35N3O7/c1-5-10-19(25-22(31)33-16-17-11-7-6-8-12-17)27(15-20(28)34-24(2,3)4)23(32)26-14-9-13-18(26)21(29)30/h6-8,11-12,18-19H,5,9-10,13-16H2,1-4H3,(H,25,31)(H,29,30)/t18-,19?/m0/s1. The van der Waals surface area contributed by atoms with Crippen molar-refractivity contribution in [3.05, 3.63) is 35.9 Å². The van der Waals surface area contributed by atoms with Crippen LogP contribution in [0.15, 0.2) is 30.3 Å². The van der Waals surface area contributed by atoms with E-state index in [-0.39, 0.29) is 13.2 Å². The molecule has 10 nitrogen and oxygen atoms in total. The van der Waals surface area contributed by atoms with Crippen molar-refractivity contribution in [2.75, 3.05) is 13.1 Å². The average Bonchev–Trinajstić information content (AvgIpc) is 3.25. The molecule has 1 aromatic carbocycles. The number of alkyl carbamates (subject to hydrolysis) is 1. The molecule has 0 spiro atoms. The third kappa shape index (κ3) is 8.24. The van der Waals surface area contributed by atoms with Gasteiger partial charge in [-0.15, -0.1) is 0 Å². The number of hydrogen-bond acceptors (Lipinski definition) is 6. The molecule has 0 saturated carbocycles. The predicted molar refractivity (Wildman–Crippen MR) is 124 cm³/mol. The number of urea groups is 1. The van der Waals surface area contributed by atoms with Crippen LogP contribution in [0.25, 0.3) is 0 Å². The van der Waals surface area contributed by atoms with Crippen molar-refractivity contribution in [3.63, 3.8) is 0 Å². The number of carboxylic acids is 1. The van der Waals surface area contributed by atoms with E-state index in [1.54, 1.807) is 20.8 Å². The molecule has 1 aliphatic heterocycles. The van der Waals surface area contributed by atoms with E-state index < -0.39 is 48.4 Å². The number of esters is 1. The van der Waals surface area contributed by atoms with Crippen molar-refractivity contribution in [2.24, 2.45) is 0 Å². The zero-order chi connectivity index (χ0) is 25.3. The third-order valence-corrected chi connectivity index (χ3v) is 5.18. The Morgan fingerprint density at radius 3 is 2.47 bits per heavy atom. The lowest BCUT2D eigenvalue weighted by Crippen LogP contribution is -2.58. The minimum Gasteiger partial charge on any atom is -0.480 e. The van der Waals surface area contributed by atoms with Crippen molar-refractivity contribution < 1.29 is 33.8 Å². The van der Waals surface area contributed by atoms with Crippen LogP contribution in [0.5, 0.6) is 0 Å². The smallest absolute Gasteiger partial charge is 0.409 e. The highest BCUT2D eigenvalue weighted by molar-refractivity contribution is 5.86. The normalized spacial score (nSPS) is 16.5. The minimum absolute atomic E-state index is 0.0404. The number of rotatable bonds is 9. The molecule has 1 aromatic rings. The number of likely N-dealkylation sites (tertiary alicyclic amines) is 1. The van der Waals surface area contributed by atoms with E-state index >= 15 is 0 Å². The van der Waals surface area contributed by atoms with Gasteiger partial charge < -0.3 is 24.8 Å². The van der Waals surface area contributed by atoms with Crippen molar-refractivity contribution in [1.29, 1.82) is 0 Å². The first-order valence-electron chi connectivity index (χ1n) is 11.5. The number of carbonyl (C=O) groups is 4. The summed E-state index contributed by atoms with van der Waals surface area (Å²) in [6.45, 7) is 6.84. The van der Waals surface area contributed by atoms with Gasteiger partial charge in [0.05, 0.1) is 0 Å². The number of nitrogens with zero attached hydrogens (tertiary/aromatic N) is 2. The maximum absolute atomic E-state index is 13.4. The number of hydrogen-bond donors (Lipinski definition) is 2. The van der Waals surface area contributed by atoms with Gasteiger partial charge in [-0.2, -0.15) is 0 Å². The van der Waals surface area contributed by atoms with Crippen LogP contribution >= 0.6 is 0 Å². The molecule has 1 saturated heterocycles. The molecule has 1 unspecified atom stereocenters. The van der Waals surface area contributed by atoms with Gasteiger partial charge in [-0.1, -0.05) is 43.7 Å². The molecule has 3 amide bonds. The van der Waals surface area contributed by atoms with Gasteiger partial charge in [0.2, 0.25) is 0 Å². The van der Waals surface area contributed by atoms with Crippen molar-refractivity contribution >= 4 is 24.1 Å². The zero-order valence-corrected chi connectivity index (χ0v) is 20.3. The molecule has 34 heavy (non-hydrogen) atoms. The van der Waals surface area contributed by atoms with Gasteiger partial charge in [0, 0.05) is 6.54 Å². The maximum atomic E-state index is 13.4. The van der Waals surface area contributed by atoms with E-state index in [2.05, 4.69) is 5.32 Å². The number of benzene rings is 1. The molecule has 2 N–H and O–H groups in total. The second kappa shape index (κ2) is 12.2. The van der Waals surface area contributed by atoms with E-state index in [0.717, 1.165) is 5.56 Å². The van der Waals surface area contributed by atoms with Crippen LogP contribution in [0.2, 0.25) is 0 Å². The second-order valence-corrected chi connectivity index (χ2v) is 9.20. The zero-order valence-electron chi connectivity index (χ0n) is 20.3. The first-order chi connectivity index (χ1) is 16.0. The second-order valence-electron chi connectivity index (χ2n) is 9.20. The number of carboxylic acid groups (broad SMARTS) is 1. The molecule has 1 fully saturated rings. The Bertz CT molecular complexity index is 854. The van der Waals surface area contributed by atoms with Gasteiger partial charge in [-0.05, 0) is 45.6 Å². The Morgan fingerprint density at radius 1 is 1.21 bits per heavy atom. The van der Waals surface area contributed by atoms with Crippen LogP contribution in [0.4, 0.5) is 9.59 Å². The summed E-state index contributed by atoms with van der Waals surface area (Å²) in [5.74, 6) is -1.77. The van der Waals surface area contributed by atoms with Crippen molar-refractivity contribution in [2.45, 2.75) is 77.8 Å². The Morgan fingerprint density at radius 2 is 1.88 bits per heavy atom. The summed E-state index contributed by atoms with van der Waals surface area (Å²) in [5.41, 5.74) is 0.0264. The lowest BCUT2D eigenvalue weighted by atomic mass is 10.2. The number of amides is 3. The predicted octanol–water partition coefficient (Wildman–Crippen LogP) is 3.35. The Hall–Kier alpha value is -3.30. The molecule has 188 valence electrons. The molecule has 0 aromatic heterocycles. The lowest BCUT2D eigenvalue weighted by Gasteiger charge is -2.36. The molecule has 10 heteroatoms. The summed E-state index contributed by atoms with van der Waals surface area (Å²) in [6, 6.07) is 7.50. The highest BCUT2D eigenvalue weighted by Crippen LogP contribution is 2.21. The van der Waals surface area contributed by atoms with E-state index in [1.165, 1.54) is 9.80 Å². The van der Waals surface area contributed by atoms with Crippen molar-refractivity contribution in [3.8, 4) is 0 Å². The topological polar surface area (TPSA) is 125 Å². The van der Waals surface area contributed by atoms with Crippen LogP contribution in [-0.2, 0) is 25.7 Å². The largest absolute Gasteiger partial charge is 0.480 e. The van der Waals surface area contributed by atoms with Crippen LogP contribution in [0.1, 0.15) is 58.9 Å². The molecular weight excluding hydrogens is 442 g/mol. The quantitative estimate of drug-likeness (QED) is 0.413. The summed E-state index contributed by atoms with van der Waals surface area (Å²) in [6.07, 6.45) is 0.147. The van der Waals surface area contributed by atoms with Gasteiger partial charge in [0.1, 0.15) is 31.0 Å². The van der Waals surface area contributed by atoms with Gasteiger partial charge in [-0.3, -0.25) is 9.69 Å². The highest BCUT2D eigenvalue weighted by Gasteiger charge is 2.39. The summed E-state index contributed by atoms with van der Waals surface area (Å²) < 4.78 is 10.7. The van der Waals surface area contributed by atoms with E-state index in [0.29, 0.717) is 25.7 Å². The SMILES string of the molecule is CCCC(NC(=O)OCc1ccccc1)N(CC(=O)OC(C)(C)C)C(=O)N1CCC[C@H]1C(=O)O. The molecule has 1 aliphatic rings.